The molecule has 2 aromatic carbocycles. The van der Waals surface area contributed by atoms with Crippen LogP contribution in [-0.4, -0.2) is 26.9 Å². The number of halogens is 1. The number of fused-ring (bicyclic) bond motifs is 2. The van der Waals surface area contributed by atoms with Gasteiger partial charge in [-0.25, -0.2) is 4.98 Å². The highest BCUT2D eigenvalue weighted by atomic mass is 35.5. The van der Waals surface area contributed by atoms with Crippen molar-refractivity contribution in [2.24, 2.45) is 0 Å². The summed E-state index contributed by atoms with van der Waals surface area (Å²) in [4.78, 5) is 33.0. The van der Waals surface area contributed by atoms with Gasteiger partial charge in [0.2, 0.25) is 5.76 Å². The molecule has 0 saturated carbocycles. The first kappa shape index (κ1) is 22.4. The normalized spacial score (nSPS) is 15.8. The van der Waals surface area contributed by atoms with Crippen molar-refractivity contribution in [1.29, 1.82) is 0 Å². The van der Waals surface area contributed by atoms with Gasteiger partial charge >= 0.3 is 0 Å². The van der Waals surface area contributed by atoms with E-state index >= 15 is 0 Å². The molecule has 1 aliphatic rings. The van der Waals surface area contributed by atoms with Gasteiger partial charge in [-0.05, 0) is 41.2 Å². The molecule has 3 heterocycles. The Bertz CT molecular complexity index is 1420. The first-order chi connectivity index (χ1) is 16.2. The Labute approximate surface area is 202 Å². The maximum Gasteiger partial charge on any atom is 0.290 e. The van der Waals surface area contributed by atoms with E-state index in [1.54, 1.807) is 35.6 Å². The fraction of sp³-hybridized carbons (Fsp3) is 0.296. The van der Waals surface area contributed by atoms with Crippen LogP contribution in [0.4, 0.5) is 0 Å². The van der Waals surface area contributed by atoms with Crippen molar-refractivity contribution in [3.05, 3.63) is 98.9 Å². The van der Waals surface area contributed by atoms with Gasteiger partial charge in [-0.2, -0.15) is 0 Å². The molecule has 1 aliphatic heterocycles. The van der Waals surface area contributed by atoms with E-state index in [4.69, 9.17) is 16.0 Å². The first-order valence-electron chi connectivity index (χ1n) is 11.4. The van der Waals surface area contributed by atoms with Crippen molar-refractivity contribution >= 4 is 28.5 Å². The van der Waals surface area contributed by atoms with Crippen LogP contribution >= 0.6 is 11.6 Å². The van der Waals surface area contributed by atoms with E-state index in [0.717, 1.165) is 12.1 Å². The minimum Gasteiger partial charge on any atom is -0.450 e. The summed E-state index contributed by atoms with van der Waals surface area (Å²) in [5.74, 6) is -0.146. The quantitative estimate of drug-likeness (QED) is 0.378. The van der Waals surface area contributed by atoms with Crippen LogP contribution in [0, 0.1) is 0 Å². The maximum absolute atomic E-state index is 13.6. The maximum atomic E-state index is 13.6. The van der Waals surface area contributed by atoms with Crippen molar-refractivity contribution in [1.82, 2.24) is 14.5 Å². The van der Waals surface area contributed by atoms with Crippen LogP contribution in [0.1, 0.15) is 60.5 Å². The van der Waals surface area contributed by atoms with E-state index in [0.29, 0.717) is 34.5 Å². The number of hydrogen-bond acceptors (Lipinski definition) is 4. The lowest BCUT2D eigenvalue weighted by atomic mass is 9.86. The molecule has 1 atom stereocenters. The van der Waals surface area contributed by atoms with E-state index in [2.05, 4.69) is 37.9 Å². The third-order valence-electron chi connectivity index (χ3n) is 6.39. The molecule has 0 bridgehead atoms. The monoisotopic (exact) mass is 475 g/mol. The summed E-state index contributed by atoms with van der Waals surface area (Å²) >= 11 is 6.16. The van der Waals surface area contributed by atoms with Crippen LogP contribution in [0.5, 0.6) is 0 Å². The second-order valence-electron chi connectivity index (χ2n) is 9.74. The Hall–Kier alpha value is -3.38. The van der Waals surface area contributed by atoms with E-state index in [1.807, 2.05) is 22.9 Å². The molecule has 0 aliphatic carbocycles. The van der Waals surface area contributed by atoms with Gasteiger partial charge in [0.05, 0.1) is 23.3 Å². The van der Waals surface area contributed by atoms with Crippen LogP contribution in [0.2, 0.25) is 5.02 Å². The largest absolute Gasteiger partial charge is 0.450 e. The number of benzene rings is 2. The highest BCUT2D eigenvalue weighted by molar-refractivity contribution is 6.31. The molecule has 0 spiro atoms. The zero-order chi connectivity index (χ0) is 24.0. The summed E-state index contributed by atoms with van der Waals surface area (Å²) in [6.45, 7) is 7.66. The molecular formula is C27H26ClN3O3. The molecule has 0 N–H and O–H groups in total. The Morgan fingerprint density at radius 2 is 1.82 bits per heavy atom. The highest BCUT2D eigenvalue weighted by Gasteiger charge is 2.42. The van der Waals surface area contributed by atoms with Crippen molar-refractivity contribution < 1.29 is 9.21 Å². The van der Waals surface area contributed by atoms with Crippen LogP contribution in [-0.2, 0) is 12.0 Å². The molecule has 0 saturated heterocycles. The van der Waals surface area contributed by atoms with E-state index in [-0.39, 0.29) is 22.5 Å². The lowest BCUT2D eigenvalue weighted by Crippen LogP contribution is -2.31. The Morgan fingerprint density at radius 3 is 2.50 bits per heavy atom. The molecular weight excluding hydrogens is 450 g/mol. The smallest absolute Gasteiger partial charge is 0.290 e. The average Bonchev–Trinajstić information content (AvgIpc) is 3.41. The van der Waals surface area contributed by atoms with Crippen LogP contribution in [0.3, 0.4) is 0 Å². The number of carbonyl (C=O) groups excluding carboxylic acids is 1. The molecule has 1 amide bonds. The minimum atomic E-state index is -0.515. The summed E-state index contributed by atoms with van der Waals surface area (Å²) in [5, 5.41) is 0.836. The fourth-order valence-electron chi connectivity index (χ4n) is 4.58. The molecule has 174 valence electrons. The van der Waals surface area contributed by atoms with Gasteiger partial charge < -0.3 is 13.9 Å². The molecule has 2 aromatic heterocycles. The van der Waals surface area contributed by atoms with Crippen molar-refractivity contribution in [2.75, 3.05) is 6.54 Å². The second-order valence-corrected chi connectivity index (χ2v) is 10.2. The van der Waals surface area contributed by atoms with Gasteiger partial charge in [0.1, 0.15) is 5.58 Å². The predicted octanol–water partition coefficient (Wildman–Crippen LogP) is 5.58. The second kappa shape index (κ2) is 8.44. The van der Waals surface area contributed by atoms with Gasteiger partial charge in [-0.3, -0.25) is 9.59 Å². The van der Waals surface area contributed by atoms with E-state index < -0.39 is 6.04 Å². The third kappa shape index (κ3) is 3.92. The Kier molecular flexibility index (Phi) is 5.56. The van der Waals surface area contributed by atoms with Gasteiger partial charge in [-0.1, -0.05) is 56.6 Å². The summed E-state index contributed by atoms with van der Waals surface area (Å²) in [6.07, 6.45) is 6.09. The number of nitrogens with zero attached hydrogens (tertiary/aromatic N) is 3. The number of hydrogen-bond donors (Lipinski definition) is 0. The van der Waals surface area contributed by atoms with Crippen molar-refractivity contribution in [3.8, 4) is 0 Å². The molecule has 4 aromatic rings. The SMILES string of the molecule is CC(C)(C)c1ccc([C@H]2c3c(oc4ccc(Cl)cc4c3=O)C(=O)N2CCCn2ccnc2)cc1. The molecule has 0 radical (unpaired) electrons. The first-order valence-corrected chi connectivity index (χ1v) is 11.8. The number of aromatic nitrogens is 2. The number of imidazole rings is 1. The van der Waals surface area contributed by atoms with E-state index in [1.165, 1.54) is 5.56 Å². The zero-order valence-electron chi connectivity index (χ0n) is 19.4. The van der Waals surface area contributed by atoms with Gasteiger partial charge in [-0.15, -0.1) is 0 Å². The lowest BCUT2D eigenvalue weighted by Gasteiger charge is -2.26. The summed E-state index contributed by atoms with van der Waals surface area (Å²) in [5.41, 5.74) is 2.60. The summed E-state index contributed by atoms with van der Waals surface area (Å²) in [7, 11) is 0. The number of aryl methyl sites for hydroxylation is 1. The van der Waals surface area contributed by atoms with Crippen LogP contribution < -0.4 is 5.43 Å². The number of amides is 1. The van der Waals surface area contributed by atoms with Gasteiger partial charge in [0.15, 0.2) is 5.43 Å². The zero-order valence-corrected chi connectivity index (χ0v) is 20.2. The number of rotatable bonds is 5. The Morgan fingerprint density at radius 1 is 1.06 bits per heavy atom. The summed E-state index contributed by atoms with van der Waals surface area (Å²) in [6, 6.07) is 12.6. The number of carbonyl (C=O) groups is 1. The topological polar surface area (TPSA) is 68.3 Å². The van der Waals surface area contributed by atoms with Crippen molar-refractivity contribution in [3.63, 3.8) is 0 Å². The lowest BCUT2D eigenvalue weighted by molar-refractivity contribution is 0.0723. The average molecular weight is 476 g/mol. The Balaban J connectivity index is 1.60. The minimum absolute atomic E-state index is 0.00159. The molecule has 7 heteroatoms. The predicted molar refractivity (Wildman–Crippen MR) is 132 cm³/mol. The molecule has 6 nitrogen and oxygen atoms in total. The molecule has 34 heavy (non-hydrogen) atoms. The van der Waals surface area contributed by atoms with Crippen LogP contribution in [0.25, 0.3) is 11.0 Å². The van der Waals surface area contributed by atoms with Crippen molar-refractivity contribution in [2.45, 2.75) is 45.2 Å². The highest BCUT2D eigenvalue weighted by Crippen LogP contribution is 2.39. The standard InChI is InChI=1S/C27H26ClN3O3/c1-27(2,3)18-7-5-17(6-8-18)23-22-24(32)20-15-19(28)9-10-21(20)34-25(22)26(33)31(23)13-4-12-30-14-11-29-16-30/h5-11,14-16,23H,4,12-13H2,1-3H3/t23-/m0/s1. The third-order valence-corrected chi connectivity index (χ3v) is 6.63. The fourth-order valence-corrected chi connectivity index (χ4v) is 4.75. The van der Waals surface area contributed by atoms with Gasteiger partial charge in [0.25, 0.3) is 5.91 Å². The summed E-state index contributed by atoms with van der Waals surface area (Å²) < 4.78 is 7.97. The van der Waals surface area contributed by atoms with Gasteiger partial charge in [0, 0.05) is 30.5 Å². The van der Waals surface area contributed by atoms with Crippen LogP contribution in [0.15, 0.2) is 70.4 Å². The molecule has 0 fully saturated rings. The van der Waals surface area contributed by atoms with E-state index in [9.17, 15) is 9.59 Å². The molecule has 0 unspecified atom stereocenters. The molecule has 5 rings (SSSR count).